The first-order chi connectivity index (χ1) is 14.9. The van der Waals surface area contributed by atoms with Crippen molar-refractivity contribution in [2.45, 2.75) is 26.3 Å². The Hall–Kier alpha value is -3.19. The lowest BCUT2D eigenvalue weighted by Gasteiger charge is -2.34. The summed E-state index contributed by atoms with van der Waals surface area (Å²) >= 11 is 0. The van der Waals surface area contributed by atoms with Crippen LogP contribution in [0, 0.1) is 6.92 Å². The average Bonchev–Trinajstić information content (AvgIpc) is 2.76. The number of nitrogens with zero attached hydrogens (tertiary/aromatic N) is 2. The zero-order chi connectivity index (χ0) is 22.2. The summed E-state index contributed by atoms with van der Waals surface area (Å²) in [5.41, 5.74) is 2.52. The van der Waals surface area contributed by atoms with Crippen LogP contribution in [-0.2, 0) is 9.59 Å². The third kappa shape index (κ3) is 6.93. The van der Waals surface area contributed by atoms with Crippen LogP contribution in [0.25, 0.3) is 0 Å². The summed E-state index contributed by atoms with van der Waals surface area (Å²) in [5, 5.41) is 5.78. The lowest BCUT2D eigenvalue weighted by molar-refractivity contribution is -0.133. The molecule has 3 rings (SSSR count). The van der Waals surface area contributed by atoms with Gasteiger partial charge in [0.15, 0.2) is 0 Å². The molecule has 7 heteroatoms. The zero-order valence-electron chi connectivity index (χ0n) is 18.1. The Morgan fingerprint density at radius 2 is 1.58 bits per heavy atom. The summed E-state index contributed by atoms with van der Waals surface area (Å²) in [6, 6.07) is 16.4. The number of rotatable bonds is 7. The molecule has 1 aliphatic heterocycles. The highest BCUT2D eigenvalue weighted by molar-refractivity contribution is 5.94. The standard InChI is InChI=1S/C24H30N4O3/c1-18-8-10-21(11-9-18)26-22(29)17-27-12-14-28(15-13-27)23(30)16-19(2)25-24(31)20-6-4-3-5-7-20/h3-11,19H,12-17H2,1-2H3,(H,25,31)(H,26,29). The molecule has 1 unspecified atom stereocenters. The molecule has 2 N–H and O–H groups in total. The number of benzene rings is 2. The molecule has 1 atom stereocenters. The van der Waals surface area contributed by atoms with Gasteiger partial charge in [-0.2, -0.15) is 0 Å². The molecule has 2 aromatic rings. The van der Waals surface area contributed by atoms with Crippen molar-refractivity contribution in [1.29, 1.82) is 0 Å². The number of hydrogen-bond donors (Lipinski definition) is 2. The molecule has 1 aliphatic rings. The Morgan fingerprint density at radius 1 is 0.935 bits per heavy atom. The first-order valence-electron chi connectivity index (χ1n) is 10.6. The second-order valence-electron chi connectivity index (χ2n) is 8.02. The van der Waals surface area contributed by atoms with Crippen LogP contribution >= 0.6 is 0 Å². The number of hydrogen-bond acceptors (Lipinski definition) is 4. The highest BCUT2D eigenvalue weighted by Gasteiger charge is 2.24. The van der Waals surface area contributed by atoms with Crippen LogP contribution in [0.15, 0.2) is 54.6 Å². The van der Waals surface area contributed by atoms with E-state index in [1.54, 1.807) is 17.0 Å². The Bertz CT molecular complexity index is 891. The maximum absolute atomic E-state index is 12.6. The van der Waals surface area contributed by atoms with E-state index < -0.39 is 0 Å². The monoisotopic (exact) mass is 422 g/mol. The Balaban J connectivity index is 1.38. The minimum atomic E-state index is -0.251. The number of anilines is 1. The van der Waals surface area contributed by atoms with Gasteiger partial charge in [-0.25, -0.2) is 0 Å². The quantitative estimate of drug-likeness (QED) is 0.717. The molecule has 1 fully saturated rings. The summed E-state index contributed by atoms with van der Waals surface area (Å²) < 4.78 is 0. The van der Waals surface area contributed by atoms with Gasteiger partial charge in [0.25, 0.3) is 5.91 Å². The lowest BCUT2D eigenvalue weighted by atomic mass is 10.1. The first-order valence-corrected chi connectivity index (χ1v) is 10.6. The molecule has 2 aromatic carbocycles. The Morgan fingerprint density at radius 3 is 2.23 bits per heavy atom. The fourth-order valence-corrected chi connectivity index (χ4v) is 3.53. The normalized spacial score (nSPS) is 15.2. The van der Waals surface area contributed by atoms with Crippen LogP contribution in [0.4, 0.5) is 5.69 Å². The van der Waals surface area contributed by atoms with Gasteiger partial charge in [-0.3, -0.25) is 19.3 Å². The van der Waals surface area contributed by atoms with Crippen molar-refractivity contribution in [2.24, 2.45) is 0 Å². The van der Waals surface area contributed by atoms with Gasteiger partial charge < -0.3 is 15.5 Å². The highest BCUT2D eigenvalue weighted by Crippen LogP contribution is 2.10. The smallest absolute Gasteiger partial charge is 0.251 e. The van der Waals surface area contributed by atoms with Gasteiger partial charge in [-0.05, 0) is 38.1 Å². The third-order valence-electron chi connectivity index (χ3n) is 5.32. The molecule has 164 valence electrons. The van der Waals surface area contributed by atoms with E-state index in [4.69, 9.17) is 0 Å². The van der Waals surface area contributed by atoms with Crippen molar-refractivity contribution in [3.63, 3.8) is 0 Å². The predicted molar refractivity (Wildman–Crippen MR) is 121 cm³/mol. The van der Waals surface area contributed by atoms with E-state index >= 15 is 0 Å². The highest BCUT2D eigenvalue weighted by atomic mass is 16.2. The maximum atomic E-state index is 12.6. The van der Waals surface area contributed by atoms with E-state index in [9.17, 15) is 14.4 Å². The van der Waals surface area contributed by atoms with E-state index in [-0.39, 0.29) is 30.2 Å². The molecule has 7 nitrogen and oxygen atoms in total. The van der Waals surface area contributed by atoms with Gasteiger partial charge >= 0.3 is 0 Å². The second kappa shape index (κ2) is 10.7. The van der Waals surface area contributed by atoms with Crippen molar-refractivity contribution in [1.82, 2.24) is 15.1 Å². The van der Waals surface area contributed by atoms with Crippen LogP contribution in [-0.4, -0.2) is 66.3 Å². The molecule has 31 heavy (non-hydrogen) atoms. The summed E-state index contributed by atoms with van der Waals surface area (Å²) in [6.45, 7) is 6.61. The predicted octanol–water partition coefficient (Wildman–Crippen LogP) is 2.29. The molecule has 1 saturated heterocycles. The van der Waals surface area contributed by atoms with Gasteiger partial charge in [0.1, 0.15) is 0 Å². The fraction of sp³-hybridized carbons (Fsp3) is 0.375. The van der Waals surface area contributed by atoms with Crippen molar-refractivity contribution in [3.8, 4) is 0 Å². The van der Waals surface area contributed by atoms with Crippen molar-refractivity contribution in [2.75, 3.05) is 38.0 Å². The number of nitrogens with one attached hydrogen (secondary N) is 2. The summed E-state index contributed by atoms with van der Waals surface area (Å²) in [6.07, 6.45) is 0.256. The van der Waals surface area contributed by atoms with E-state index in [0.717, 1.165) is 11.3 Å². The molecule has 1 heterocycles. The minimum absolute atomic E-state index is 0.0182. The van der Waals surface area contributed by atoms with Gasteiger partial charge in [0.2, 0.25) is 11.8 Å². The molecule has 3 amide bonds. The molecule has 0 bridgehead atoms. The van der Waals surface area contributed by atoms with Crippen LogP contribution < -0.4 is 10.6 Å². The zero-order valence-corrected chi connectivity index (χ0v) is 18.1. The molecule has 0 spiro atoms. The number of carbonyl (C=O) groups excluding carboxylic acids is 3. The van der Waals surface area contributed by atoms with Crippen molar-refractivity contribution >= 4 is 23.4 Å². The number of carbonyl (C=O) groups is 3. The minimum Gasteiger partial charge on any atom is -0.349 e. The summed E-state index contributed by atoms with van der Waals surface area (Å²) in [5.74, 6) is -0.212. The Labute approximate surface area is 183 Å². The third-order valence-corrected chi connectivity index (χ3v) is 5.32. The SMILES string of the molecule is Cc1ccc(NC(=O)CN2CCN(C(=O)CC(C)NC(=O)c3ccccc3)CC2)cc1. The topological polar surface area (TPSA) is 81.8 Å². The van der Waals surface area contributed by atoms with Gasteiger partial charge in [-0.1, -0.05) is 35.9 Å². The Kier molecular flexibility index (Phi) is 7.78. The van der Waals surface area contributed by atoms with Crippen LogP contribution in [0.1, 0.15) is 29.3 Å². The number of amides is 3. The molecular weight excluding hydrogens is 392 g/mol. The maximum Gasteiger partial charge on any atom is 0.251 e. The van der Waals surface area contributed by atoms with Gasteiger partial charge in [0.05, 0.1) is 6.54 Å². The molecule has 0 radical (unpaired) electrons. The molecular formula is C24H30N4O3. The molecule has 0 aromatic heterocycles. The largest absolute Gasteiger partial charge is 0.349 e. The fourth-order valence-electron chi connectivity index (χ4n) is 3.53. The van der Waals surface area contributed by atoms with Crippen LogP contribution in [0.2, 0.25) is 0 Å². The molecule has 0 saturated carbocycles. The van der Waals surface area contributed by atoms with E-state index in [2.05, 4.69) is 10.6 Å². The van der Waals surface area contributed by atoms with Crippen LogP contribution in [0.3, 0.4) is 0 Å². The lowest BCUT2D eigenvalue weighted by Crippen LogP contribution is -2.51. The molecule has 0 aliphatic carbocycles. The van der Waals surface area contributed by atoms with Crippen molar-refractivity contribution in [3.05, 3.63) is 65.7 Å². The summed E-state index contributed by atoms with van der Waals surface area (Å²) in [7, 11) is 0. The van der Waals surface area contributed by atoms with Gasteiger partial charge in [0, 0.05) is 49.9 Å². The average molecular weight is 423 g/mol. The van der Waals surface area contributed by atoms with Crippen LogP contribution in [0.5, 0.6) is 0 Å². The summed E-state index contributed by atoms with van der Waals surface area (Å²) in [4.78, 5) is 41.0. The van der Waals surface area contributed by atoms with Crippen molar-refractivity contribution < 1.29 is 14.4 Å². The van der Waals surface area contributed by atoms with E-state index in [1.165, 1.54) is 0 Å². The number of piperazine rings is 1. The van der Waals surface area contributed by atoms with E-state index in [1.807, 2.05) is 61.2 Å². The van der Waals surface area contributed by atoms with Gasteiger partial charge in [-0.15, -0.1) is 0 Å². The second-order valence-corrected chi connectivity index (χ2v) is 8.02. The number of aryl methyl sites for hydroxylation is 1. The first kappa shape index (κ1) is 22.5. The van der Waals surface area contributed by atoms with E-state index in [0.29, 0.717) is 38.3 Å².